The molecule has 0 aromatic heterocycles. The summed E-state index contributed by atoms with van der Waals surface area (Å²) in [6, 6.07) is 14.2. The predicted molar refractivity (Wildman–Crippen MR) is 80.7 cm³/mol. The van der Waals surface area contributed by atoms with E-state index in [9.17, 15) is 0 Å². The molecule has 0 bridgehead atoms. The fourth-order valence-corrected chi connectivity index (χ4v) is 2.09. The number of hydrogen-bond acceptors (Lipinski definition) is 3. The number of nitrogens with two attached hydrogens (primary N) is 1. The van der Waals surface area contributed by atoms with E-state index in [4.69, 9.17) is 10.5 Å². The van der Waals surface area contributed by atoms with Crippen LogP contribution in [0.4, 0.5) is 11.4 Å². The number of hydrogen-bond donors (Lipinski definition) is 1. The second kappa shape index (κ2) is 5.65. The summed E-state index contributed by atoms with van der Waals surface area (Å²) < 4.78 is 5.38. The van der Waals surface area contributed by atoms with Gasteiger partial charge in [-0.3, -0.25) is 0 Å². The number of ether oxygens (including phenoxy) is 1. The molecule has 2 aromatic carbocycles. The van der Waals surface area contributed by atoms with Gasteiger partial charge in [-0.25, -0.2) is 0 Å². The third-order valence-electron chi connectivity index (χ3n) is 3.26. The maximum Gasteiger partial charge on any atom is 0.142 e. The first-order valence-corrected chi connectivity index (χ1v) is 6.31. The molecule has 0 atom stereocenters. The van der Waals surface area contributed by atoms with E-state index >= 15 is 0 Å². The number of nitrogens with zero attached hydrogens (tertiary/aromatic N) is 1. The van der Waals surface area contributed by atoms with Crippen LogP contribution in [0.1, 0.15) is 11.1 Å². The highest BCUT2D eigenvalue weighted by Crippen LogP contribution is 2.28. The summed E-state index contributed by atoms with van der Waals surface area (Å²) in [6.07, 6.45) is 0. The maximum atomic E-state index is 5.95. The van der Waals surface area contributed by atoms with Gasteiger partial charge in [0.1, 0.15) is 5.75 Å². The van der Waals surface area contributed by atoms with Crippen molar-refractivity contribution in [2.75, 3.05) is 24.8 Å². The molecule has 100 valence electrons. The van der Waals surface area contributed by atoms with Gasteiger partial charge in [0, 0.05) is 19.3 Å². The van der Waals surface area contributed by atoms with Crippen molar-refractivity contribution < 1.29 is 4.74 Å². The van der Waals surface area contributed by atoms with Crippen LogP contribution in [0.25, 0.3) is 0 Å². The summed E-state index contributed by atoms with van der Waals surface area (Å²) in [7, 11) is 3.74. The lowest BCUT2D eigenvalue weighted by atomic mass is 10.1. The monoisotopic (exact) mass is 256 g/mol. The lowest BCUT2D eigenvalue weighted by molar-refractivity contribution is 0.415. The Balaban J connectivity index is 2.20. The average molecular weight is 256 g/mol. The van der Waals surface area contributed by atoms with Crippen molar-refractivity contribution in [2.45, 2.75) is 13.5 Å². The third-order valence-corrected chi connectivity index (χ3v) is 3.26. The summed E-state index contributed by atoms with van der Waals surface area (Å²) >= 11 is 0. The molecule has 0 unspecified atom stereocenters. The Morgan fingerprint density at radius 1 is 1.16 bits per heavy atom. The zero-order valence-corrected chi connectivity index (χ0v) is 11.7. The number of benzene rings is 2. The highest BCUT2D eigenvalue weighted by atomic mass is 16.5. The molecule has 0 aliphatic heterocycles. The molecular weight excluding hydrogens is 236 g/mol. The Morgan fingerprint density at radius 3 is 2.58 bits per heavy atom. The number of nitrogen functional groups attached to an aromatic ring is 1. The number of aryl methyl sites for hydroxylation is 1. The Hall–Kier alpha value is -2.16. The van der Waals surface area contributed by atoms with E-state index in [2.05, 4.69) is 23.1 Å². The van der Waals surface area contributed by atoms with Crippen LogP contribution in [0, 0.1) is 6.92 Å². The molecule has 3 heteroatoms. The normalized spacial score (nSPS) is 10.3. The number of para-hydroxylation sites is 2. The van der Waals surface area contributed by atoms with Crippen LogP contribution in [-0.4, -0.2) is 14.2 Å². The van der Waals surface area contributed by atoms with Crippen molar-refractivity contribution in [3.05, 3.63) is 53.6 Å². The Labute approximate surface area is 114 Å². The van der Waals surface area contributed by atoms with Gasteiger partial charge >= 0.3 is 0 Å². The zero-order chi connectivity index (χ0) is 13.8. The minimum absolute atomic E-state index is 0.796. The highest BCUT2D eigenvalue weighted by molar-refractivity contribution is 5.58. The number of anilines is 2. The van der Waals surface area contributed by atoms with Gasteiger partial charge in [-0.1, -0.05) is 24.3 Å². The molecule has 0 amide bonds. The predicted octanol–water partition coefficient (Wildman–Crippen LogP) is 3.22. The molecule has 0 aliphatic rings. The van der Waals surface area contributed by atoms with E-state index < -0.39 is 0 Å². The van der Waals surface area contributed by atoms with Crippen LogP contribution in [0.15, 0.2) is 42.5 Å². The summed E-state index contributed by atoms with van der Waals surface area (Å²) in [5, 5.41) is 0. The maximum absolute atomic E-state index is 5.95. The second-order valence-electron chi connectivity index (χ2n) is 4.72. The standard InChI is InChI=1S/C16H20N2O/c1-12-8-9-13(10-14(12)17)11-18(2)15-6-4-5-7-16(15)19-3/h4-10H,11,17H2,1-3H3. The molecule has 0 spiro atoms. The molecule has 3 nitrogen and oxygen atoms in total. The van der Waals surface area contributed by atoms with Crippen LogP contribution in [0.3, 0.4) is 0 Å². The minimum Gasteiger partial charge on any atom is -0.495 e. The largest absolute Gasteiger partial charge is 0.495 e. The van der Waals surface area contributed by atoms with Gasteiger partial charge in [0.2, 0.25) is 0 Å². The highest BCUT2D eigenvalue weighted by Gasteiger charge is 2.08. The van der Waals surface area contributed by atoms with Gasteiger partial charge in [0.15, 0.2) is 0 Å². The van der Waals surface area contributed by atoms with E-state index in [0.717, 1.165) is 29.2 Å². The van der Waals surface area contributed by atoms with Crippen LogP contribution in [0.2, 0.25) is 0 Å². The summed E-state index contributed by atoms with van der Waals surface area (Å²) in [5.41, 5.74) is 10.2. The van der Waals surface area contributed by atoms with Crippen molar-refractivity contribution in [3.8, 4) is 5.75 Å². The molecule has 0 saturated carbocycles. The molecule has 19 heavy (non-hydrogen) atoms. The fraction of sp³-hybridized carbons (Fsp3) is 0.250. The molecule has 2 aromatic rings. The lowest BCUT2D eigenvalue weighted by Crippen LogP contribution is -2.17. The van der Waals surface area contributed by atoms with Gasteiger partial charge in [0.05, 0.1) is 12.8 Å². The van der Waals surface area contributed by atoms with Gasteiger partial charge < -0.3 is 15.4 Å². The van der Waals surface area contributed by atoms with Crippen molar-refractivity contribution >= 4 is 11.4 Å². The molecule has 2 N–H and O–H groups in total. The van der Waals surface area contributed by atoms with E-state index in [0.29, 0.717) is 0 Å². The summed E-state index contributed by atoms with van der Waals surface area (Å²) in [4.78, 5) is 2.16. The molecule has 0 heterocycles. The van der Waals surface area contributed by atoms with E-state index in [1.54, 1.807) is 7.11 Å². The van der Waals surface area contributed by atoms with Gasteiger partial charge in [-0.05, 0) is 36.2 Å². The fourth-order valence-electron chi connectivity index (χ4n) is 2.09. The van der Waals surface area contributed by atoms with Crippen LogP contribution in [-0.2, 0) is 6.54 Å². The Kier molecular flexibility index (Phi) is 3.95. The first-order chi connectivity index (χ1) is 9.11. The average Bonchev–Trinajstić information content (AvgIpc) is 2.43. The Bertz CT molecular complexity index is 566. The zero-order valence-electron chi connectivity index (χ0n) is 11.7. The first-order valence-electron chi connectivity index (χ1n) is 6.31. The third kappa shape index (κ3) is 2.99. The topological polar surface area (TPSA) is 38.5 Å². The van der Waals surface area contributed by atoms with Crippen LogP contribution in [0.5, 0.6) is 5.75 Å². The van der Waals surface area contributed by atoms with Crippen molar-refractivity contribution in [3.63, 3.8) is 0 Å². The summed E-state index contributed by atoms with van der Waals surface area (Å²) in [5.74, 6) is 0.880. The quantitative estimate of drug-likeness (QED) is 0.854. The number of methoxy groups -OCH3 is 1. The van der Waals surface area contributed by atoms with Crippen molar-refractivity contribution in [1.82, 2.24) is 0 Å². The lowest BCUT2D eigenvalue weighted by Gasteiger charge is -2.22. The minimum atomic E-state index is 0.796. The molecule has 0 radical (unpaired) electrons. The summed E-state index contributed by atoms with van der Waals surface area (Å²) in [6.45, 7) is 2.81. The van der Waals surface area contributed by atoms with Gasteiger partial charge in [-0.2, -0.15) is 0 Å². The van der Waals surface area contributed by atoms with E-state index in [1.165, 1.54) is 5.56 Å². The van der Waals surface area contributed by atoms with Crippen molar-refractivity contribution in [1.29, 1.82) is 0 Å². The Morgan fingerprint density at radius 2 is 1.89 bits per heavy atom. The van der Waals surface area contributed by atoms with Crippen molar-refractivity contribution in [2.24, 2.45) is 0 Å². The molecular formula is C16H20N2O. The molecule has 0 fully saturated rings. The van der Waals surface area contributed by atoms with Crippen LogP contribution >= 0.6 is 0 Å². The second-order valence-corrected chi connectivity index (χ2v) is 4.72. The van der Waals surface area contributed by atoms with Gasteiger partial charge in [0.25, 0.3) is 0 Å². The molecule has 0 aliphatic carbocycles. The molecule has 2 rings (SSSR count). The number of rotatable bonds is 4. The van der Waals surface area contributed by atoms with Crippen LogP contribution < -0.4 is 15.4 Å². The van der Waals surface area contributed by atoms with E-state index in [-0.39, 0.29) is 0 Å². The van der Waals surface area contributed by atoms with E-state index in [1.807, 2.05) is 38.2 Å². The smallest absolute Gasteiger partial charge is 0.142 e. The molecule has 0 saturated heterocycles. The first kappa shape index (κ1) is 13.3. The SMILES string of the molecule is COc1ccccc1N(C)Cc1ccc(C)c(N)c1. The van der Waals surface area contributed by atoms with Gasteiger partial charge in [-0.15, -0.1) is 0 Å².